The molecule has 2 aromatic rings. The molecule has 4 heterocycles. The number of aromatic nitrogens is 1. The number of nitrogen functional groups attached to an aromatic ring is 1. The first-order chi connectivity index (χ1) is 14.5. The highest BCUT2D eigenvalue weighted by Gasteiger charge is 2.29. The molecule has 162 valence electrons. The molecule has 0 aromatic carbocycles. The molecule has 0 bridgehead atoms. The van der Waals surface area contributed by atoms with Gasteiger partial charge >= 0.3 is 5.97 Å². The summed E-state index contributed by atoms with van der Waals surface area (Å²) in [7, 11) is 0. The number of nitrogens with zero attached hydrogens (tertiary/aromatic N) is 3. The third-order valence-electron chi connectivity index (χ3n) is 6.08. The highest BCUT2D eigenvalue weighted by atomic mass is 32.1. The Labute approximate surface area is 180 Å². The third-order valence-corrected chi connectivity index (χ3v) is 7.17. The Morgan fingerprint density at radius 2 is 1.97 bits per heavy atom. The number of hydrogen-bond donors (Lipinski definition) is 3. The Balaban J connectivity index is 1.53. The lowest BCUT2D eigenvalue weighted by atomic mass is 9.96. The van der Waals surface area contributed by atoms with E-state index in [0.717, 1.165) is 80.0 Å². The van der Waals surface area contributed by atoms with Gasteiger partial charge in [-0.05, 0) is 44.0 Å². The second kappa shape index (κ2) is 8.77. The number of aromatic carboxylic acids is 1. The minimum atomic E-state index is -1.01. The van der Waals surface area contributed by atoms with Crippen molar-refractivity contribution in [2.75, 3.05) is 49.9 Å². The number of piperidine rings is 1. The van der Waals surface area contributed by atoms with Crippen molar-refractivity contribution >= 4 is 44.9 Å². The van der Waals surface area contributed by atoms with Crippen LogP contribution in [0.25, 0.3) is 10.2 Å². The molecular weight excluding hydrogens is 402 g/mol. The number of piperazine rings is 1. The second-order valence-electron chi connectivity index (χ2n) is 8.06. The Bertz CT molecular complexity index is 946. The number of fused-ring (bicyclic) bond motifs is 1. The Morgan fingerprint density at radius 3 is 2.60 bits per heavy atom. The van der Waals surface area contributed by atoms with Gasteiger partial charge in [0.15, 0.2) is 0 Å². The van der Waals surface area contributed by atoms with E-state index in [2.05, 4.69) is 17.1 Å². The molecule has 0 atom stereocenters. The zero-order valence-corrected chi connectivity index (χ0v) is 18.1. The molecule has 2 aromatic heterocycles. The van der Waals surface area contributed by atoms with Crippen LogP contribution < -0.4 is 16.0 Å². The number of rotatable bonds is 5. The molecule has 8 nitrogen and oxygen atoms in total. The minimum absolute atomic E-state index is 0.145. The summed E-state index contributed by atoms with van der Waals surface area (Å²) in [6.07, 6.45) is 3.60. The maximum absolute atomic E-state index is 12.8. The average Bonchev–Trinajstić information content (AvgIpc) is 3.11. The number of hydrogen-bond acceptors (Lipinski definition) is 7. The number of carbonyl (C=O) groups is 2. The van der Waals surface area contributed by atoms with E-state index in [9.17, 15) is 14.7 Å². The lowest BCUT2D eigenvalue weighted by Gasteiger charge is -2.37. The molecule has 9 heteroatoms. The normalized spacial score (nSPS) is 18.2. The summed E-state index contributed by atoms with van der Waals surface area (Å²) in [6.45, 7) is 6.78. The number of aryl methyl sites for hydroxylation is 1. The zero-order chi connectivity index (χ0) is 21.3. The smallest absolute Gasteiger partial charge is 0.348 e. The van der Waals surface area contributed by atoms with Crippen molar-refractivity contribution in [1.82, 2.24) is 15.2 Å². The lowest BCUT2D eigenvalue weighted by molar-refractivity contribution is -0.136. The molecular formula is C21H29N5O3S. The Kier molecular flexibility index (Phi) is 6.10. The number of carbonyl (C=O) groups excluding carboxylic acids is 1. The summed E-state index contributed by atoms with van der Waals surface area (Å²) in [5.41, 5.74) is 7.52. The second-order valence-corrected chi connectivity index (χ2v) is 9.06. The van der Waals surface area contributed by atoms with Crippen LogP contribution in [0, 0.1) is 5.92 Å². The summed E-state index contributed by atoms with van der Waals surface area (Å²) in [6, 6.07) is 2.05. The van der Waals surface area contributed by atoms with Crippen LogP contribution in [0.1, 0.15) is 41.4 Å². The first-order valence-electron chi connectivity index (χ1n) is 10.7. The van der Waals surface area contributed by atoms with E-state index in [-0.39, 0.29) is 16.7 Å². The van der Waals surface area contributed by atoms with E-state index in [1.807, 2.05) is 11.0 Å². The molecule has 2 aliphatic heterocycles. The third kappa shape index (κ3) is 3.96. The maximum atomic E-state index is 12.8. The van der Waals surface area contributed by atoms with Gasteiger partial charge in [-0.2, -0.15) is 0 Å². The van der Waals surface area contributed by atoms with Gasteiger partial charge in [0, 0.05) is 37.5 Å². The number of thiophene rings is 1. The van der Waals surface area contributed by atoms with Gasteiger partial charge < -0.3 is 26.0 Å². The van der Waals surface area contributed by atoms with Crippen LogP contribution in [0.15, 0.2) is 6.07 Å². The zero-order valence-electron chi connectivity index (χ0n) is 17.3. The number of amides is 1. The fraction of sp³-hybridized carbons (Fsp3) is 0.571. The minimum Gasteiger partial charge on any atom is -0.477 e. The number of pyridine rings is 1. The summed E-state index contributed by atoms with van der Waals surface area (Å²) in [5.74, 6) is 0.262. The summed E-state index contributed by atoms with van der Waals surface area (Å²) in [5, 5.41) is 13.5. The number of nitrogens with one attached hydrogen (secondary N) is 1. The van der Waals surface area contributed by atoms with Crippen molar-refractivity contribution < 1.29 is 14.7 Å². The summed E-state index contributed by atoms with van der Waals surface area (Å²) in [4.78, 5) is 34.1. The van der Waals surface area contributed by atoms with Gasteiger partial charge in [0.05, 0.1) is 5.69 Å². The molecule has 0 spiro atoms. The van der Waals surface area contributed by atoms with Gasteiger partial charge in [0.1, 0.15) is 15.5 Å². The molecule has 2 aliphatic rings. The van der Waals surface area contributed by atoms with Crippen LogP contribution in [0.2, 0.25) is 0 Å². The highest BCUT2D eigenvalue weighted by Crippen LogP contribution is 2.37. The SMILES string of the molecule is CCCc1cc(N2CCN(C(=O)C3CCNCC3)CC2)nc2sc(C(=O)O)c(N)c12. The van der Waals surface area contributed by atoms with E-state index in [4.69, 9.17) is 10.7 Å². The van der Waals surface area contributed by atoms with Crippen LogP contribution in [-0.4, -0.2) is 66.1 Å². The predicted octanol–water partition coefficient (Wildman–Crippen LogP) is 2.18. The van der Waals surface area contributed by atoms with Gasteiger partial charge in [-0.25, -0.2) is 9.78 Å². The molecule has 2 fully saturated rings. The standard InChI is InChI=1S/C21H29N5O3S/c1-2-3-14-12-15(24-19-16(14)17(22)18(30-19)21(28)29)25-8-10-26(11-9-25)20(27)13-4-6-23-7-5-13/h12-13,23H,2-11,22H2,1H3,(H,28,29). The molecule has 4 N–H and O–H groups in total. The summed E-state index contributed by atoms with van der Waals surface area (Å²) >= 11 is 1.14. The van der Waals surface area contributed by atoms with Crippen molar-refractivity contribution in [3.05, 3.63) is 16.5 Å². The lowest BCUT2D eigenvalue weighted by Crippen LogP contribution is -2.51. The van der Waals surface area contributed by atoms with Crippen molar-refractivity contribution in [3.8, 4) is 0 Å². The first kappa shape index (κ1) is 20.9. The van der Waals surface area contributed by atoms with Crippen molar-refractivity contribution in [2.24, 2.45) is 5.92 Å². The van der Waals surface area contributed by atoms with E-state index in [0.29, 0.717) is 23.6 Å². The predicted molar refractivity (Wildman–Crippen MR) is 119 cm³/mol. The topological polar surface area (TPSA) is 112 Å². The molecule has 0 aliphatic carbocycles. The van der Waals surface area contributed by atoms with Gasteiger partial charge in [0.2, 0.25) is 5.91 Å². The monoisotopic (exact) mass is 431 g/mol. The van der Waals surface area contributed by atoms with Crippen molar-refractivity contribution in [1.29, 1.82) is 0 Å². The number of nitrogens with two attached hydrogens (primary N) is 1. The molecule has 0 unspecified atom stereocenters. The van der Waals surface area contributed by atoms with Crippen molar-refractivity contribution in [2.45, 2.75) is 32.6 Å². The highest BCUT2D eigenvalue weighted by molar-refractivity contribution is 7.21. The fourth-order valence-electron chi connectivity index (χ4n) is 4.46. The van der Waals surface area contributed by atoms with E-state index in [1.54, 1.807) is 0 Å². The number of anilines is 2. The van der Waals surface area contributed by atoms with Gasteiger partial charge in [-0.1, -0.05) is 13.3 Å². The Hall–Kier alpha value is -2.39. The molecule has 4 rings (SSSR count). The van der Waals surface area contributed by atoms with Crippen LogP contribution in [0.5, 0.6) is 0 Å². The molecule has 30 heavy (non-hydrogen) atoms. The maximum Gasteiger partial charge on any atom is 0.348 e. The summed E-state index contributed by atoms with van der Waals surface area (Å²) < 4.78 is 0. The van der Waals surface area contributed by atoms with Crippen LogP contribution in [0.3, 0.4) is 0 Å². The number of carboxylic acids is 1. The van der Waals surface area contributed by atoms with Crippen LogP contribution in [-0.2, 0) is 11.2 Å². The quantitative estimate of drug-likeness (QED) is 0.665. The van der Waals surface area contributed by atoms with Crippen molar-refractivity contribution in [3.63, 3.8) is 0 Å². The van der Waals surface area contributed by atoms with E-state index < -0.39 is 5.97 Å². The molecule has 2 saturated heterocycles. The van der Waals surface area contributed by atoms with E-state index in [1.165, 1.54) is 0 Å². The molecule has 0 radical (unpaired) electrons. The van der Waals surface area contributed by atoms with Crippen LogP contribution in [0.4, 0.5) is 11.5 Å². The largest absolute Gasteiger partial charge is 0.477 e. The van der Waals surface area contributed by atoms with Gasteiger partial charge in [-0.3, -0.25) is 4.79 Å². The molecule has 1 amide bonds. The van der Waals surface area contributed by atoms with Gasteiger partial charge in [0.25, 0.3) is 0 Å². The number of carboxylic acid groups (broad SMARTS) is 1. The Morgan fingerprint density at radius 1 is 1.27 bits per heavy atom. The van der Waals surface area contributed by atoms with Crippen LogP contribution >= 0.6 is 11.3 Å². The first-order valence-corrected chi connectivity index (χ1v) is 11.5. The average molecular weight is 432 g/mol. The molecule has 0 saturated carbocycles. The van der Waals surface area contributed by atoms with E-state index >= 15 is 0 Å². The van der Waals surface area contributed by atoms with Gasteiger partial charge in [-0.15, -0.1) is 11.3 Å². The fourth-order valence-corrected chi connectivity index (χ4v) is 5.43.